The Bertz CT molecular complexity index is 476. The fraction of sp³-hybridized carbons (Fsp3) is 0.667. The van der Waals surface area contributed by atoms with E-state index in [1.807, 2.05) is 0 Å². The lowest BCUT2D eigenvalue weighted by atomic mass is 9.74. The highest BCUT2D eigenvalue weighted by atomic mass is 16.8. The average molecular weight is 292 g/mol. The summed E-state index contributed by atoms with van der Waals surface area (Å²) in [6, 6.07) is 4.12. The standard InChI is InChI=1S/C18H30NO2/c1-16(2,3)12-10-13(17(4,5)6)15(19(20)21)14(11-12)18(7,8)9/h10-11,20H,1-9H3/q-1. The van der Waals surface area contributed by atoms with Crippen LogP contribution in [0.2, 0.25) is 0 Å². The monoisotopic (exact) mass is 292 g/mol. The van der Waals surface area contributed by atoms with Gasteiger partial charge in [0.1, 0.15) is 0 Å². The Morgan fingerprint density at radius 2 is 1.10 bits per heavy atom. The first-order valence-corrected chi connectivity index (χ1v) is 7.51. The summed E-state index contributed by atoms with van der Waals surface area (Å²) < 4.78 is 0. The number of hydrogen-bond donors (Lipinski definition) is 1. The Kier molecular flexibility index (Phi) is 4.53. The Morgan fingerprint density at radius 3 is 1.29 bits per heavy atom. The lowest BCUT2D eigenvalue weighted by Crippen LogP contribution is -2.26. The summed E-state index contributed by atoms with van der Waals surface area (Å²) in [4.78, 5) is 0. The molecule has 0 amide bonds. The van der Waals surface area contributed by atoms with Crippen LogP contribution in [-0.4, -0.2) is 5.21 Å². The van der Waals surface area contributed by atoms with Crippen molar-refractivity contribution in [1.82, 2.24) is 0 Å². The predicted octanol–water partition coefficient (Wildman–Crippen LogP) is 5.27. The van der Waals surface area contributed by atoms with Crippen LogP contribution in [-0.2, 0) is 16.2 Å². The minimum atomic E-state index is -0.220. The molecule has 0 aliphatic rings. The molecule has 0 spiro atoms. The highest BCUT2D eigenvalue weighted by molar-refractivity contribution is 5.65. The van der Waals surface area contributed by atoms with E-state index < -0.39 is 0 Å². The minimum Gasteiger partial charge on any atom is -0.733 e. The van der Waals surface area contributed by atoms with Crippen LogP contribution in [0.5, 0.6) is 0 Å². The normalized spacial score (nSPS) is 13.5. The average Bonchev–Trinajstić information content (AvgIpc) is 2.23. The zero-order valence-electron chi connectivity index (χ0n) is 15.0. The molecule has 0 saturated carbocycles. The van der Waals surface area contributed by atoms with Gasteiger partial charge in [0.25, 0.3) is 0 Å². The van der Waals surface area contributed by atoms with Crippen molar-refractivity contribution in [3.8, 4) is 0 Å². The zero-order chi connectivity index (χ0) is 16.8. The van der Waals surface area contributed by atoms with Crippen LogP contribution in [0.25, 0.3) is 0 Å². The maximum absolute atomic E-state index is 11.8. The molecule has 0 unspecified atom stereocenters. The third kappa shape index (κ3) is 3.98. The highest BCUT2D eigenvalue weighted by Crippen LogP contribution is 2.42. The summed E-state index contributed by atoms with van der Waals surface area (Å²) in [6.45, 7) is 18.9. The summed E-state index contributed by atoms with van der Waals surface area (Å²) in [5, 5.41) is 21.5. The van der Waals surface area contributed by atoms with Gasteiger partial charge in [-0.3, -0.25) is 5.21 Å². The van der Waals surface area contributed by atoms with Gasteiger partial charge in [-0.15, -0.1) is 0 Å². The molecule has 0 fully saturated rings. The molecule has 0 aliphatic heterocycles. The fourth-order valence-corrected chi connectivity index (χ4v) is 2.42. The molecule has 1 aromatic rings. The number of rotatable bonds is 1. The summed E-state index contributed by atoms with van der Waals surface area (Å²) in [6.07, 6.45) is 0. The van der Waals surface area contributed by atoms with Crippen LogP contribution >= 0.6 is 0 Å². The Labute approximate surface area is 129 Å². The fourth-order valence-electron chi connectivity index (χ4n) is 2.42. The predicted molar refractivity (Wildman–Crippen MR) is 90.2 cm³/mol. The van der Waals surface area contributed by atoms with Crippen molar-refractivity contribution in [2.45, 2.75) is 78.6 Å². The van der Waals surface area contributed by atoms with Crippen molar-refractivity contribution in [2.24, 2.45) is 0 Å². The van der Waals surface area contributed by atoms with Gasteiger partial charge in [0, 0.05) is 0 Å². The van der Waals surface area contributed by atoms with Gasteiger partial charge in [-0.1, -0.05) is 74.4 Å². The van der Waals surface area contributed by atoms with Gasteiger partial charge in [0.15, 0.2) is 0 Å². The first-order valence-electron chi connectivity index (χ1n) is 7.51. The Balaban J connectivity index is 3.85. The second-order valence-electron chi connectivity index (χ2n) is 8.94. The van der Waals surface area contributed by atoms with Gasteiger partial charge < -0.3 is 10.4 Å². The second-order valence-corrected chi connectivity index (χ2v) is 8.94. The van der Waals surface area contributed by atoms with Crippen LogP contribution < -0.4 is 5.23 Å². The van der Waals surface area contributed by atoms with E-state index in [4.69, 9.17) is 0 Å². The number of anilines is 1. The first-order chi connectivity index (χ1) is 9.15. The topological polar surface area (TPSA) is 46.5 Å². The molecule has 0 saturated heterocycles. The lowest BCUT2D eigenvalue weighted by Gasteiger charge is -2.38. The van der Waals surface area contributed by atoms with Gasteiger partial charge in [-0.05, 0) is 32.9 Å². The Morgan fingerprint density at radius 1 is 0.762 bits per heavy atom. The molecule has 120 valence electrons. The molecule has 1 rings (SSSR count). The molecule has 0 aliphatic carbocycles. The van der Waals surface area contributed by atoms with E-state index in [1.165, 1.54) is 5.56 Å². The minimum absolute atomic E-state index is 0.0122. The lowest BCUT2D eigenvalue weighted by molar-refractivity contribution is 0.291. The van der Waals surface area contributed by atoms with Crippen molar-refractivity contribution in [3.63, 3.8) is 0 Å². The maximum Gasteiger partial charge on any atom is 0.0583 e. The van der Waals surface area contributed by atoms with E-state index >= 15 is 0 Å². The quantitative estimate of drug-likeness (QED) is 0.717. The molecular formula is C18H30NO2-. The smallest absolute Gasteiger partial charge is 0.0583 e. The number of hydrogen-bond acceptors (Lipinski definition) is 3. The van der Waals surface area contributed by atoms with Crippen molar-refractivity contribution in [3.05, 3.63) is 34.0 Å². The first kappa shape index (κ1) is 18.0. The van der Waals surface area contributed by atoms with Crippen LogP contribution in [0, 0.1) is 5.21 Å². The highest BCUT2D eigenvalue weighted by Gasteiger charge is 2.29. The van der Waals surface area contributed by atoms with Gasteiger partial charge in [-0.2, -0.15) is 0 Å². The van der Waals surface area contributed by atoms with Crippen LogP contribution in [0.3, 0.4) is 0 Å². The molecule has 21 heavy (non-hydrogen) atoms. The molecule has 1 N–H and O–H groups in total. The van der Waals surface area contributed by atoms with Crippen LogP contribution in [0.15, 0.2) is 12.1 Å². The maximum atomic E-state index is 11.8. The number of nitrogens with zero attached hydrogens (tertiary/aromatic N) is 1. The van der Waals surface area contributed by atoms with Crippen LogP contribution in [0.1, 0.15) is 79.0 Å². The molecule has 0 heterocycles. The van der Waals surface area contributed by atoms with Gasteiger partial charge in [0.2, 0.25) is 0 Å². The van der Waals surface area contributed by atoms with E-state index in [0.29, 0.717) is 5.69 Å². The zero-order valence-corrected chi connectivity index (χ0v) is 15.0. The van der Waals surface area contributed by atoms with E-state index in [1.54, 1.807) is 0 Å². The molecule has 0 atom stereocenters. The summed E-state index contributed by atoms with van der Waals surface area (Å²) >= 11 is 0. The molecule has 1 aromatic carbocycles. The summed E-state index contributed by atoms with van der Waals surface area (Å²) in [7, 11) is 0. The van der Waals surface area contributed by atoms with Crippen molar-refractivity contribution in [1.29, 1.82) is 0 Å². The second kappa shape index (κ2) is 5.29. The van der Waals surface area contributed by atoms with Crippen molar-refractivity contribution >= 4 is 5.69 Å². The largest absolute Gasteiger partial charge is 0.733 e. The third-order valence-corrected chi connectivity index (χ3v) is 3.78. The van der Waals surface area contributed by atoms with E-state index in [9.17, 15) is 10.4 Å². The SMILES string of the molecule is CC(C)(C)c1cc(C(C)(C)C)c(N([O-])O)c(C(C)(C)C)c1. The van der Waals surface area contributed by atoms with Gasteiger partial charge in [0.05, 0.1) is 5.69 Å². The summed E-state index contributed by atoms with van der Waals surface area (Å²) in [5.74, 6) is 0. The molecule has 3 heteroatoms. The number of benzene rings is 1. The van der Waals surface area contributed by atoms with Gasteiger partial charge in [-0.25, -0.2) is 0 Å². The molecular weight excluding hydrogens is 262 g/mol. The third-order valence-electron chi connectivity index (χ3n) is 3.78. The Hall–Kier alpha value is -1.06. The van der Waals surface area contributed by atoms with Crippen molar-refractivity contribution < 1.29 is 5.21 Å². The van der Waals surface area contributed by atoms with Crippen molar-refractivity contribution in [2.75, 3.05) is 5.23 Å². The molecule has 3 nitrogen and oxygen atoms in total. The van der Waals surface area contributed by atoms with Gasteiger partial charge >= 0.3 is 0 Å². The van der Waals surface area contributed by atoms with Crippen LogP contribution in [0.4, 0.5) is 5.69 Å². The molecule has 0 aromatic heterocycles. The summed E-state index contributed by atoms with van der Waals surface area (Å²) in [5.41, 5.74) is 2.90. The van der Waals surface area contributed by atoms with E-state index in [0.717, 1.165) is 11.1 Å². The van der Waals surface area contributed by atoms with E-state index in [2.05, 4.69) is 74.4 Å². The molecule has 0 radical (unpaired) electrons. The van der Waals surface area contributed by atoms with E-state index in [-0.39, 0.29) is 21.5 Å². The molecule has 0 bridgehead atoms.